The molecule has 0 aromatic heterocycles. The van der Waals surface area contributed by atoms with Crippen molar-refractivity contribution in [1.29, 1.82) is 0 Å². The normalized spacial score (nSPS) is 19.8. The summed E-state index contributed by atoms with van der Waals surface area (Å²) >= 11 is 0. The monoisotopic (exact) mass is 285 g/mol. The Kier molecular flexibility index (Phi) is 5.07. The lowest BCUT2D eigenvalue weighted by molar-refractivity contribution is -0.127. The number of likely N-dealkylation sites (N-methyl/N-ethyl adjacent to an activating group) is 1. The Balaban J connectivity index is 2.34. The van der Waals surface area contributed by atoms with Crippen molar-refractivity contribution in [2.45, 2.75) is 31.4 Å². The molecule has 0 amide bonds. The van der Waals surface area contributed by atoms with Crippen LogP contribution in [0.25, 0.3) is 0 Å². The Morgan fingerprint density at radius 3 is 2.55 bits per heavy atom. The van der Waals surface area contributed by atoms with Crippen molar-refractivity contribution in [3.05, 3.63) is 35.4 Å². The van der Waals surface area contributed by atoms with E-state index in [0.717, 1.165) is 18.9 Å². The molecule has 20 heavy (non-hydrogen) atoms. The van der Waals surface area contributed by atoms with Gasteiger partial charge >= 0.3 is 0 Å². The van der Waals surface area contributed by atoms with Gasteiger partial charge in [0.2, 0.25) is 0 Å². The second-order valence-electron chi connectivity index (χ2n) is 5.01. The molecule has 1 atom stereocenters. The van der Waals surface area contributed by atoms with Gasteiger partial charge in [-0.25, -0.2) is 8.78 Å². The van der Waals surface area contributed by atoms with Crippen LogP contribution in [0.3, 0.4) is 0 Å². The van der Waals surface area contributed by atoms with Gasteiger partial charge in [-0.2, -0.15) is 0 Å². The molecule has 112 valence electrons. The van der Waals surface area contributed by atoms with E-state index in [-0.39, 0.29) is 6.04 Å². The van der Waals surface area contributed by atoms with Gasteiger partial charge in [0.05, 0.1) is 11.6 Å². The first-order chi connectivity index (χ1) is 9.63. The Bertz CT molecular complexity index is 442. The molecule has 5 heteroatoms. The summed E-state index contributed by atoms with van der Waals surface area (Å²) in [6.45, 7) is 3.74. The van der Waals surface area contributed by atoms with E-state index in [4.69, 9.17) is 9.47 Å². The maximum atomic E-state index is 13.5. The molecule has 1 aromatic carbocycles. The van der Waals surface area contributed by atoms with Gasteiger partial charge in [-0.1, -0.05) is 6.07 Å². The smallest absolute Gasteiger partial charge is 0.159 e. The van der Waals surface area contributed by atoms with Gasteiger partial charge in [-0.3, -0.25) is 0 Å². The number of halogens is 2. The molecule has 1 heterocycles. The standard InChI is InChI=1S/C15H21F2NO2/c1-3-20-15(6-8-19-9-7-15)14(18-2)11-4-5-12(16)13(17)10-11/h4-5,10,14,18H,3,6-9H2,1-2H3. The van der Waals surface area contributed by atoms with E-state index < -0.39 is 17.2 Å². The molecule has 1 saturated heterocycles. The highest BCUT2D eigenvalue weighted by molar-refractivity contribution is 5.24. The molecular weight excluding hydrogens is 264 g/mol. The Labute approximate surface area is 118 Å². The molecule has 1 aliphatic rings. The Morgan fingerprint density at radius 1 is 1.30 bits per heavy atom. The summed E-state index contributed by atoms with van der Waals surface area (Å²) in [6.07, 6.45) is 1.46. The predicted octanol–water partition coefficient (Wildman–Crippen LogP) is 2.81. The number of hydrogen-bond donors (Lipinski definition) is 1. The number of benzene rings is 1. The SMILES string of the molecule is CCOC1(C(NC)c2ccc(F)c(F)c2)CCOCC1. The molecule has 2 rings (SSSR count). The summed E-state index contributed by atoms with van der Waals surface area (Å²) in [5, 5.41) is 3.19. The molecule has 1 unspecified atom stereocenters. The third kappa shape index (κ3) is 3.00. The fraction of sp³-hybridized carbons (Fsp3) is 0.600. The third-order valence-corrected chi connectivity index (χ3v) is 3.86. The quantitative estimate of drug-likeness (QED) is 0.902. The van der Waals surface area contributed by atoms with Gasteiger partial charge < -0.3 is 14.8 Å². The molecule has 0 aliphatic carbocycles. The van der Waals surface area contributed by atoms with Crippen molar-refractivity contribution >= 4 is 0 Å². The van der Waals surface area contributed by atoms with Crippen molar-refractivity contribution in [1.82, 2.24) is 5.32 Å². The summed E-state index contributed by atoms with van der Waals surface area (Å²) < 4.78 is 38.0. The largest absolute Gasteiger partial charge is 0.381 e. The molecule has 0 bridgehead atoms. The minimum Gasteiger partial charge on any atom is -0.381 e. The van der Waals surface area contributed by atoms with Crippen LogP contribution in [-0.4, -0.2) is 32.5 Å². The molecule has 1 fully saturated rings. The number of rotatable bonds is 5. The van der Waals surface area contributed by atoms with Crippen LogP contribution in [0, 0.1) is 11.6 Å². The average Bonchev–Trinajstić information content (AvgIpc) is 2.45. The van der Waals surface area contributed by atoms with Crippen molar-refractivity contribution in [2.24, 2.45) is 0 Å². The minimum atomic E-state index is -0.832. The van der Waals surface area contributed by atoms with Gasteiger partial charge in [0.25, 0.3) is 0 Å². The Morgan fingerprint density at radius 2 is 2.00 bits per heavy atom. The van der Waals surface area contributed by atoms with Crippen LogP contribution in [0.15, 0.2) is 18.2 Å². The van der Waals surface area contributed by atoms with E-state index in [2.05, 4.69) is 5.32 Å². The first kappa shape index (κ1) is 15.4. The maximum absolute atomic E-state index is 13.5. The summed E-state index contributed by atoms with van der Waals surface area (Å²) in [5.41, 5.74) is 0.258. The first-order valence-corrected chi connectivity index (χ1v) is 6.97. The maximum Gasteiger partial charge on any atom is 0.159 e. The van der Waals surface area contributed by atoms with Gasteiger partial charge in [-0.05, 0) is 31.7 Å². The van der Waals surface area contributed by atoms with Crippen LogP contribution in [0.4, 0.5) is 8.78 Å². The van der Waals surface area contributed by atoms with Crippen molar-refractivity contribution in [3.63, 3.8) is 0 Å². The first-order valence-electron chi connectivity index (χ1n) is 6.97. The lowest BCUT2D eigenvalue weighted by Crippen LogP contribution is -2.49. The highest BCUT2D eigenvalue weighted by Crippen LogP contribution is 2.38. The predicted molar refractivity (Wildman–Crippen MR) is 72.6 cm³/mol. The fourth-order valence-corrected chi connectivity index (χ4v) is 2.95. The number of hydrogen-bond acceptors (Lipinski definition) is 3. The van der Waals surface area contributed by atoms with E-state index in [9.17, 15) is 8.78 Å². The van der Waals surface area contributed by atoms with E-state index in [0.29, 0.717) is 25.4 Å². The average molecular weight is 285 g/mol. The number of ether oxygens (including phenoxy) is 2. The lowest BCUT2D eigenvalue weighted by Gasteiger charge is -2.43. The zero-order valence-electron chi connectivity index (χ0n) is 11.9. The molecular formula is C15H21F2NO2. The van der Waals surface area contributed by atoms with Crippen LogP contribution < -0.4 is 5.32 Å². The number of nitrogens with one attached hydrogen (secondary N) is 1. The van der Waals surface area contributed by atoms with Gasteiger partial charge in [0.15, 0.2) is 11.6 Å². The van der Waals surface area contributed by atoms with E-state index in [1.165, 1.54) is 6.07 Å². The molecule has 0 saturated carbocycles. The summed E-state index contributed by atoms with van der Waals surface area (Å²) in [7, 11) is 1.81. The second-order valence-corrected chi connectivity index (χ2v) is 5.01. The lowest BCUT2D eigenvalue weighted by atomic mass is 9.82. The van der Waals surface area contributed by atoms with Crippen molar-refractivity contribution in [3.8, 4) is 0 Å². The third-order valence-electron chi connectivity index (χ3n) is 3.86. The van der Waals surface area contributed by atoms with Crippen LogP contribution in [0.2, 0.25) is 0 Å². The minimum absolute atomic E-state index is 0.193. The molecule has 0 spiro atoms. The van der Waals surface area contributed by atoms with E-state index in [1.807, 2.05) is 14.0 Å². The van der Waals surface area contributed by atoms with Crippen molar-refractivity contribution in [2.75, 3.05) is 26.9 Å². The molecule has 1 N–H and O–H groups in total. The summed E-state index contributed by atoms with van der Waals surface area (Å²) in [6, 6.07) is 3.82. The molecule has 1 aliphatic heterocycles. The highest BCUT2D eigenvalue weighted by atomic mass is 19.2. The Hall–Kier alpha value is -1.04. The fourth-order valence-electron chi connectivity index (χ4n) is 2.95. The van der Waals surface area contributed by atoms with Gasteiger partial charge in [-0.15, -0.1) is 0 Å². The molecule has 0 radical (unpaired) electrons. The summed E-state index contributed by atoms with van der Waals surface area (Å²) in [5.74, 6) is -1.66. The topological polar surface area (TPSA) is 30.5 Å². The molecule has 3 nitrogen and oxygen atoms in total. The van der Waals surface area contributed by atoms with Gasteiger partial charge in [0.1, 0.15) is 0 Å². The zero-order valence-corrected chi connectivity index (χ0v) is 11.9. The van der Waals surface area contributed by atoms with Crippen LogP contribution >= 0.6 is 0 Å². The zero-order chi connectivity index (χ0) is 14.6. The van der Waals surface area contributed by atoms with E-state index in [1.54, 1.807) is 6.07 Å². The summed E-state index contributed by atoms with van der Waals surface area (Å²) in [4.78, 5) is 0. The van der Waals surface area contributed by atoms with Crippen LogP contribution in [-0.2, 0) is 9.47 Å². The molecule has 1 aromatic rings. The van der Waals surface area contributed by atoms with Crippen molar-refractivity contribution < 1.29 is 18.3 Å². The van der Waals surface area contributed by atoms with Crippen LogP contribution in [0.5, 0.6) is 0 Å². The second kappa shape index (κ2) is 6.61. The highest BCUT2D eigenvalue weighted by Gasteiger charge is 2.41. The van der Waals surface area contributed by atoms with Gasteiger partial charge in [0, 0.05) is 32.7 Å². The van der Waals surface area contributed by atoms with Crippen LogP contribution in [0.1, 0.15) is 31.4 Å². The van der Waals surface area contributed by atoms with E-state index >= 15 is 0 Å².